The van der Waals surface area contributed by atoms with E-state index in [-0.39, 0.29) is 11.7 Å². The summed E-state index contributed by atoms with van der Waals surface area (Å²) in [6.45, 7) is 12.8. The van der Waals surface area contributed by atoms with Crippen molar-refractivity contribution in [1.82, 2.24) is 10.2 Å². The van der Waals surface area contributed by atoms with Gasteiger partial charge in [0.15, 0.2) is 0 Å². The molecule has 0 aromatic carbocycles. The maximum absolute atomic E-state index is 11.9. The molecule has 1 heterocycles. The first-order valence-corrected chi connectivity index (χ1v) is 8.43. The first-order chi connectivity index (χ1) is 11.6. The van der Waals surface area contributed by atoms with Gasteiger partial charge in [0, 0.05) is 19.1 Å². The number of aliphatic carboxylic acids is 1. The van der Waals surface area contributed by atoms with Gasteiger partial charge in [0.05, 0.1) is 0 Å². The van der Waals surface area contributed by atoms with E-state index in [0.29, 0.717) is 13.1 Å². The molecule has 0 unspecified atom stereocenters. The molecule has 0 aromatic rings. The molecule has 1 rings (SSSR count). The Kier molecular flexibility index (Phi) is 7.83. The fourth-order valence-electron chi connectivity index (χ4n) is 2.62. The van der Waals surface area contributed by atoms with Crippen molar-refractivity contribution in [3.8, 4) is 0 Å². The number of carbonyl (C=O) groups is 2. The third kappa shape index (κ3) is 7.98. The second-order valence-electron chi connectivity index (χ2n) is 7.08. The quantitative estimate of drug-likeness (QED) is 0.436. The summed E-state index contributed by atoms with van der Waals surface area (Å²) in [5.74, 6) is -1.10. The van der Waals surface area contributed by atoms with Gasteiger partial charge in [-0.2, -0.15) is 0 Å². The number of carbonyl (C=O) groups excluding carboxylic acids is 1. The highest BCUT2D eigenvalue weighted by Gasteiger charge is 2.24. The number of nitrogens with one attached hydrogen (secondary N) is 1. The van der Waals surface area contributed by atoms with E-state index in [4.69, 9.17) is 9.84 Å². The lowest BCUT2D eigenvalue weighted by atomic mass is 10.0. The van der Waals surface area contributed by atoms with Crippen LogP contribution in [0.3, 0.4) is 0 Å². The maximum atomic E-state index is 11.9. The number of ether oxygens (including phenoxy) is 1. The van der Waals surface area contributed by atoms with Gasteiger partial charge in [-0.15, -0.1) is 0 Å². The van der Waals surface area contributed by atoms with Gasteiger partial charge in [-0.1, -0.05) is 6.08 Å². The number of allylic oxidation sites excluding steroid dienone is 1. The zero-order valence-corrected chi connectivity index (χ0v) is 15.5. The number of alkyl carbamates (subject to hydrolysis) is 1. The average molecular weight is 351 g/mol. The van der Waals surface area contributed by atoms with Crippen LogP contribution in [0.15, 0.2) is 28.4 Å². The van der Waals surface area contributed by atoms with Crippen LogP contribution in [0.1, 0.15) is 40.5 Å². The minimum atomic E-state index is -1.10. The van der Waals surface area contributed by atoms with Crippen LogP contribution in [-0.4, -0.2) is 60.1 Å². The van der Waals surface area contributed by atoms with Crippen LogP contribution in [0.25, 0.3) is 0 Å². The third-order valence-corrected chi connectivity index (χ3v) is 3.71. The molecule has 1 aliphatic heterocycles. The standard InChI is InChI=1S/C18H29N3O4/c1-6-13(10-15(19-5)16(22)23)11-21-9-7-8-14(12-21)20-17(24)25-18(2,3)4/h6,10,14H,5,7-9,11-12H2,1-4H3,(H,20,24)(H,22,23)/b13-6+,15-10-/t14-/m1/s1. The van der Waals surface area contributed by atoms with E-state index >= 15 is 0 Å². The molecule has 25 heavy (non-hydrogen) atoms. The number of likely N-dealkylation sites (tertiary alicyclic amines) is 1. The Bertz CT molecular complexity index is 561. The molecule has 0 saturated carbocycles. The number of piperidine rings is 1. The van der Waals surface area contributed by atoms with Crippen LogP contribution in [0.4, 0.5) is 4.79 Å². The summed E-state index contributed by atoms with van der Waals surface area (Å²) < 4.78 is 5.30. The Hall–Kier alpha value is -2.15. The minimum absolute atomic E-state index is 0.0159. The van der Waals surface area contributed by atoms with Gasteiger partial charge in [-0.25, -0.2) is 9.59 Å². The van der Waals surface area contributed by atoms with Crippen molar-refractivity contribution in [3.63, 3.8) is 0 Å². The number of hydrogen-bond acceptors (Lipinski definition) is 5. The zero-order valence-electron chi connectivity index (χ0n) is 15.5. The van der Waals surface area contributed by atoms with Gasteiger partial charge in [0.25, 0.3) is 0 Å². The molecule has 1 atom stereocenters. The first-order valence-electron chi connectivity index (χ1n) is 8.43. The number of carboxylic acids is 1. The molecule has 0 bridgehead atoms. The molecular formula is C18H29N3O4. The monoisotopic (exact) mass is 351 g/mol. The Morgan fingerprint density at radius 2 is 2.12 bits per heavy atom. The summed E-state index contributed by atoms with van der Waals surface area (Å²) in [5.41, 5.74) is 0.253. The van der Waals surface area contributed by atoms with E-state index in [0.717, 1.165) is 25.0 Å². The van der Waals surface area contributed by atoms with Crippen LogP contribution >= 0.6 is 0 Å². The second-order valence-corrected chi connectivity index (χ2v) is 7.08. The fourth-order valence-corrected chi connectivity index (χ4v) is 2.62. The van der Waals surface area contributed by atoms with Gasteiger partial charge in [-0.3, -0.25) is 9.89 Å². The highest BCUT2D eigenvalue weighted by Crippen LogP contribution is 2.15. The fraction of sp³-hybridized carbons (Fsp3) is 0.611. The molecule has 1 fully saturated rings. The lowest BCUT2D eigenvalue weighted by Gasteiger charge is -2.33. The number of aliphatic imine (C=N–C) groups is 1. The summed E-state index contributed by atoms with van der Waals surface area (Å²) in [7, 11) is 0. The van der Waals surface area contributed by atoms with Gasteiger partial charge in [0.1, 0.15) is 11.3 Å². The van der Waals surface area contributed by atoms with E-state index in [1.54, 1.807) is 0 Å². The number of hydrogen-bond donors (Lipinski definition) is 2. The molecule has 7 nitrogen and oxygen atoms in total. The van der Waals surface area contributed by atoms with E-state index in [9.17, 15) is 9.59 Å². The highest BCUT2D eigenvalue weighted by molar-refractivity contribution is 5.87. The molecule has 0 aliphatic carbocycles. The summed E-state index contributed by atoms with van der Waals surface area (Å²) in [6.07, 6.45) is 4.83. The van der Waals surface area contributed by atoms with Crippen molar-refractivity contribution in [2.75, 3.05) is 19.6 Å². The minimum Gasteiger partial charge on any atom is -0.477 e. The Labute approximate surface area is 149 Å². The van der Waals surface area contributed by atoms with Crippen molar-refractivity contribution in [3.05, 3.63) is 23.4 Å². The lowest BCUT2D eigenvalue weighted by molar-refractivity contribution is -0.132. The Morgan fingerprint density at radius 3 is 2.64 bits per heavy atom. The SMILES string of the molecule is C=N/C(=C\C(=C/C)CN1CCC[C@@H](NC(=O)OC(C)(C)C)C1)C(=O)O. The Morgan fingerprint density at radius 1 is 1.44 bits per heavy atom. The highest BCUT2D eigenvalue weighted by atomic mass is 16.6. The molecule has 0 spiro atoms. The Balaban J connectivity index is 2.64. The predicted molar refractivity (Wildman–Crippen MR) is 97.9 cm³/mol. The van der Waals surface area contributed by atoms with Crippen molar-refractivity contribution in [1.29, 1.82) is 0 Å². The molecule has 140 valence electrons. The molecule has 1 saturated heterocycles. The van der Waals surface area contributed by atoms with Gasteiger partial charge >= 0.3 is 12.1 Å². The van der Waals surface area contributed by atoms with E-state index in [1.165, 1.54) is 6.08 Å². The maximum Gasteiger partial charge on any atom is 0.407 e. The first kappa shape index (κ1) is 20.9. The summed E-state index contributed by atoms with van der Waals surface area (Å²) >= 11 is 0. The van der Waals surface area contributed by atoms with Gasteiger partial charge in [0.2, 0.25) is 0 Å². The van der Waals surface area contributed by atoms with Crippen LogP contribution < -0.4 is 5.32 Å². The van der Waals surface area contributed by atoms with E-state index < -0.39 is 17.7 Å². The van der Waals surface area contributed by atoms with Gasteiger partial charge < -0.3 is 15.2 Å². The topological polar surface area (TPSA) is 91.2 Å². The van der Waals surface area contributed by atoms with Crippen molar-refractivity contribution < 1.29 is 19.4 Å². The molecule has 2 N–H and O–H groups in total. The van der Waals surface area contributed by atoms with Crippen molar-refractivity contribution in [2.24, 2.45) is 4.99 Å². The van der Waals surface area contributed by atoms with Crippen LogP contribution in [-0.2, 0) is 9.53 Å². The third-order valence-electron chi connectivity index (χ3n) is 3.71. The summed E-state index contributed by atoms with van der Waals surface area (Å²) in [4.78, 5) is 28.7. The molecule has 7 heteroatoms. The molecular weight excluding hydrogens is 322 g/mol. The lowest BCUT2D eigenvalue weighted by Crippen LogP contribution is -2.49. The van der Waals surface area contributed by atoms with Gasteiger partial charge in [-0.05, 0) is 65.4 Å². The number of rotatable bonds is 6. The summed E-state index contributed by atoms with van der Waals surface area (Å²) in [6, 6.07) is 0.0159. The normalized spacial score (nSPS) is 20.1. The molecule has 1 amide bonds. The van der Waals surface area contributed by atoms with Crippen LogP contribution in [0.5, 0.6) is 0 Å². The summed E-state index contributed by atoms with van der Waals surface area (Å²) in [5, 5.41) is 12.0. The number of nitrogens with zero attached hydrogens (tertiary/aromatic N) is 2. The largest absolute Gasteiger partial charge is 0.477 e. The van der Waals surface area contributed by atoms with Crippen molar-refractivity contribution >= 4 is 18.8 Å². The molecule has 0 radical (unpaired) electrons. The van der Waals surface area contributed by atoms with Crippen molar-refractivity contribution in [2.45, 2.75) is 52.2 Å². The van der Waals surface area contributed by atoms with E-state index in [2.05, 4.69) is 21.9 Å². The zero-order chi connectivity index (χ0) is 19.0. The number of amides is 1. The molecule has 0 aromatic heterocycles. The molecule has 1 aliphatic rings. The predicted octanol–water partition coefficient (Wildman–Crippen LogP) is 2.59. The number of carboxylic acid groups (broad SMARTS) is 1. The van der Waals surface area contributed by atoms with E-state index in [1.807, 2.05) is 33.8 Å². The average Bonchev–Trinajstić information content (AvgIpc) is 2.49. The second kappa shape index (κ2) is 9.36. The van der Waals surface area contributed by atoms with Crippen LogP contribution in [0, 0.1) is 0 Å². The smallest absolute Gasteiger partial charge is 0.407 e. The van der Waals surface area contributed by atoms with Crippen LogP contribution in [0.2, 0.25) is 0 Å².